The second-order valence-electron chi connectivity index (χ2n) is 5.82. The minimum Gasteiger partial charge on any atom is -0.393 e. The summed E-state index contributed by atoms with van der Waals surface area (Å²) in [5.41, 5.74) is 0. The van der Waals surface area contributed by atoms with E-state index in [1.54, 1.807) is 0 Å². The molecule has 1 aliphatic carbocycles. The Morgan fingerprint density at radius 1 is 1.38 bits per heavy atom. The quantitative estimate of drug-likeness (QED) is 0.780. The molecule has 0 aromatic heterocycles. The molecule has 0 aliphatic heterocycles. The Kier molecular flexibility index (Phi) is 5.77. The Bertz CT molecular complexity index is 195. The van der Waals surface area contributed by atoms with E-state index in [4.69, 9.17) is 0 Å². The maximum atomic E-state index is 10.0. The Labute approximate surface area is 101 Å². The molecule has 0 amide bonds. The van der Waals surface area contributed by atoms with Crippen LogP contribution < -0.4 is 0 Å². The van der Waals surface area contributed by atoms with Crippen LogP contribution in [-0.4, -0.2) is 35.7 Å². The fourth-order valence-corrected chi connectivity index (χ4v) is 2.87. The molecule has 1 aliphatic rings. The standard InChI is InChI=1S/C14H29NO/c1-5-6-12(3)15(4)10-13-9-11(2)7-8-14(13)16/h11-14,16H,5-10H2,1-4H3. The summed E-state index contributed by atoms with van der Waals surface area (Å²) in [4.78, 5) is 2.43. The third kappa shape index (κ3) is 4.06. The molecule has 4 atom stereocenters. The van der Waals surface area contributed by atoms with Crippen molar-refractivity contribution in [1.29, 1.82) is 0 Å². The SMILES string of the molecule is CCCC(C)N(C)CC1CC(C)CCC1O. The highest BCUT2D eigenvalue weighted by molar-refractivity contribution is 4.81. The highest BCUT2D eigenvalue weighted by Gasteiger charge is 2.28. The van der Waals surface area contributed by atoms with Gasteiger partial charge in [0.15, 0.2) is 0 Å². The normalized spacial score (nSPS) is 33.0. The first-order valence-electron chi connectivity index (χ1n) is 6.92. The van der Waals surface area contributed by atoms with Crippen molar-refractivity contribution in [3.8, 4) is 0 Å². The third-order valence-electron chi connectivity index (χ3n) is 4.19. The van der Waals surface area contributed by atoms with E-state index >= 15 is 0 Å². The van der Waals surface area contributed by atoms with E-state index in [1.165, 1.54) is 25.7 Å². The van der Waals surface area contributed by atoms with Crippen LogP contribution >= 0.6 is 0 Å². The molecule has 1 rings (SSSR count). The molecule has 0 saturated heterocycles. The number of hydrogen-bond acceptors (Lipinski definition) is 2. The van der Waals surface area contributed by atoms with Crippen LogP contribution in [0.25, 0.3) is 0 Å². The van der Waals surface area contributed by atoms with E-state index < -0.39 is 0 Å². The molecule has 0 radical (unpaired) electrons. The minimum absolute atomic E-state index is 0.0625. The number of hydrogen-bond donors (Lipinski definition) is 1. The van der Waals surface area contributed by atoms with Crippen molar-refractivity contribution >= 4 is 0 Å². The molecule has 2 heteroatoms. The van der Waals surface area contributed by atoms with Crippen LogP contribution in [0, 0.1) is 11.8 Å². The lowest BCUT2D eigenvalue weighted by Gasteiger charge is -2.36. The molecular formula is C14H29NO. The predicted molar refractivity (Wildman–Crippen MR) is 69.5 cm³/mol. The van der Waals surface area contributed by atoms with Crippen LogP contribution in [0.15, 0.2) is 0 Å². The van der Waals surface area contributed by atoms with E-state index in [1.807, 2.05) is 0 Å². The molecule has 0 aromatic carbocycles. The van der Waals surface area contributed by atoms with Crippen molar-refractivity contribution in [2.24, 2.45) is 11.8 Å². The molecule has 1 fully saturated rings. The smallest absolute Gasteiger partial charge is 0.0580 e. The maximum Gasteiger partial charge on any atom is 0.0580 e. The zero-order chi connectivity index (χ0) is 12.1. The zero-order valence-corrected chi connectivity index (χ0v) is 11.4. The summed E-state index contributed by atoms with van der Waals surface area (Å²) in [5.74, 6) is 1.29. The summed E-state index contributed by atoms with van der Waals surface area (Å²) in [5, 5.41) is 10.0. The van der Waals surface area contributed by atoms with E-state index in [2.05, 4.69) is 32.7 Å². The van der Waals surface area contributed by atoms with E-state index in [9.17, 15) is 5.11 Å². The molecule has 2 nitrogen and oxygen atoms in total. The summed E-state index contributed by atoms with van der Waals surface area (Å²) in [6.07, 6.45) is 5.84. The van der Waals surface area contributed by atoms with Gasteiger partial charge in [-0.15, -0.1) is 0 Å². The van der Waals surface area contributed by atoms with Gasteiger partial charge >= 0.3 is 0 Å². The largest absolute Gasteiger partial charge is 0.393 e. The molecule has 96 valence electrons. The van der Waals surface area contributed by atoms with Crippen molar-refractivity contribution in [2.75, 3.05) is 13.6 Å². The van der Waals surface area contributed by atoms with E-state index in [0.29, 0.717) is 12.0 Å². The average Bonchev–Trinajstić information content (AvgIpc) is 2.23. The first-order valence-corrected chi connectivity index (χ1v) is 6.92. The highest BCUT2D eigenvalue weighted by atomic mass is 16.3. The van der Waals surface area contributed by atoms with Crippen LogP contribution in [0.5, 0.6) is 0 Å². The lowest BCUT2D eigenvalue weighted by atomic mass is 9.80. The lowest BCUT2D eigenvalue weighted by Crippen LogP contribution is -2.40. The molecule has 1 N–H and O–H groups in total. The molecule has 1 saturated carbocycles. The van der Waals surface area contributed by atoms with Gasteiger partial charge in [0.2, 0.25) is 0 Å². The van der Waals surface area contributed by atoms with Crippen LogP contribution in [-0.2, 0) is 0 Å². The Balaban J connectivity index is 2.39. The first kappa shape index (κ1) is 14.0. The minimum atomic E-state index is -0.0625. The van der Waals surface area contributed by atoms with Gasteiger partial charge in [-0.05, 0) is 51.5 Å². The van der Waals surface area contributed by atoms with Crippen molar-refractivity contribution in [2.45, 2.75) is 65.0 Å². The van der Waals surface area contributed by atoms with Gasteiger partial charge in [-0.2, -0.15) is 0 Å². The Morgan fingerprint density at radius 3 is 2.69 bits per heavy atom. The Morgan fingerprint density at radius 2 is 2.06 bits per heavy atom. The number of rotatable bonds is 5. The van der Waals surface area contributed by atoms with Crippen LogP contribution in [0.2, 0.25) is 0 Å². The van der Waals surface area contributed by atoms with Gasteiger partial charge in [0.05, 0.1) is 6.10 Å². The maximum absolute atomic E-state index is 10.0. The summed E-state index contributed by atoms with van der Waals surface area (Å²) >= 11 is 0. The predicted octanol–water partition coefficient (Wildman–Crippen LogP) is 2.90. The molecule has 4 unspecified atom stereocenters. The van der Waals surface area contributed by atoms with E-state index in [-0.39, 0.29) is 6.10 Å². The Hall–Kier alpha value is -0.0800. The zero-order valence-electron chi connectivity index (χ0n) is 11.4. The summed E-state index contributed by atoms with van der Waals surface area (Å²) in [6.45, 7) is 7.91. The molecule has 0 heterocycles. The third-order valence-corrected chi connectivity index (χ3v) is 4.19. The van der Waals surface area contributed by atoms with Crippen LogP contribution in [0.4, 0.5) is 0 Å². The summed E-state index contributed by atoms with van der Waals surface area (Å²) < 4.78 is 0. The fourth-order valence-electron chi connectivity index (χ4n) is 2.87. The van der Waals surface area contributed by atoms with Crippen molar-refractivity contribution in [3.05, 3.63) is 0 Å². The second-order valence-corrected chi connectivity index (χ2v) is 5.82. The van der Waals surface area contributed by atoms with Gasteiger partial charge in [-0.1, -0.05) is 20.3 Å². The van der Waals surface area contributed by atoms with Crippen molar-refractivity contribution in [3.63, 3.8) is 0 Å². The molecular weight excluding hydrogens is 198 g/mol. The monoisotopic (exact) mass is 227 g/mol. The fraction of sp³-hybridized carbons (Fsp3) is 1.00. The van der Waals surface area contributed by atoms with Gasteiger partial charge in [0.25, 0.3) is 0 Å². The number of aliphatic hydroxyl groups excluding tert-OH is 1. The van der Waals surface area contributed by atoms with Gasteiger partial charge in [-0.25, -0.2) is 0 Å². The summed E-state index contributed by atoms with van der Waals surface area (Å²) in [7, 11) is 2.20. The van der Waals surface area contributed by atoms with Crippen LogP contribution in [0.1, 0.15) is 52.9 Å². The van der Waals surface area contributed by atoms with Gasteiger partial charge < -0.3 is 10.0 Å². The van der Waals surface area contributed by atoms with Crippen molar-refractivity contribution in [1.82, 2.24) is 4.90 Å². The van der Waals surface area contributed by atoms with E-state index in [0.717, 1.165) is 18.9 Å². The molecule has 0 bridgehead atoms. The van der Waals surface area contributed by atoms with Gasteiger partial charge in [0.1, 0.15) is 0 Å². The molecule has 0 aromatic rings. The number of nitrogens with zero attached hydrogens (tertiary/aromatic N) is 1. The van der Waals surface area contributed by atoms with Gasteiger partial charge in [0, 0.05) is 12.6 Å². The lowest BCUT2D eigenvalue weighted by molar-refractivity contribution is 0.0284. The average molecular weight is 227 g/mol. The van der Waals surface area contributed by atoms with Crippen molar-refractivity contribution < 1.29 is 5.11 Å². The molecule has 16 heavy (non-hydrogen) atoms. The summed E-state index contributed by atoms with van der Waals surface area (Å²) in [6, 6.07) is 0.648. The first-order chi connectivity index (χ1) is 7.54. The highest BCUT2D eigenvalue weighted by Crippen LogP contribution is 2.29. The second kappa shape index (κ2) is 6.61. The molecule has 0 spiro atoms. The van der Waals surface area contributed by atoms with Gasteiger partial charge in [-0.3, -0.25) is 0 Å². The van der Waals surface area contributed by atoms with Crippen LogP contribution in [0.3, 0.4) is 0 Å². The topological polar surface area (TPSA) is 23.5 Å². The number of aliphatic hydroxyl groups is 1.